The quantitative estimate of drug-likeness (QED) is 0.857. The number of hydrogen-bond acceptors (Lipinski definition) is 3. The highest BCUT2D eigenvalue weighted by Gasteiger charge is 2.36. The van der Waals surface area contributed by atoms with E-state index in [4.69, 9.17) is 4.74 Å². The summed E-state index contributed by atoms with van der Waals surface area (Å²) in [5.74, 6) is -1.01. The summed E-state index contributed by atoms with van der Waals surface area (Å²) >= 11 is 0. The number of hydrogen-bond donors (Lipinski definition) is 1. The predicted octanol–water partition coefficient (Wildman–Crippen LogP) is 2.48. The Morgan fingerprint density at radius 2 is 2.05 bits per heavy atom. The van der Waals surface area contributed by atoms with Crippen molar-refractivity contribution in [2.45, 2.75) is 13.1 Å². The Morgan fingerprint density at radius 1 is 1.37 bits per heavy atom. The number of fused-ring (bicyclic) bond motifs is 1. The van der Waals surface area contributed by atoms with Gasteiger partial charge in [-0.1, -0.05) is 0 Å². The van der Waals surface area contributed by atoms with E-state index in [1.807, 2.05) is 4.98 Å². The van der Waals surface area contributed by atoms with Crippen LogP contribution in [0.25, 0.3) is 11.0 Å². The molecule has 1 aromatic carbocycles. The highest BCUT2D eigenvalue weighted by Crippen LogP contribution is 2.27. The number of aromatic nitrogens is 2. The van der Waals surface area contributed by atoms with Crippen LogP contribution in [0.4, 0.5) is 17.6 Å². The molecule has 0 saturated carbocycles. The molecule has 0 aliphatic carbocycles. The van der Waals surface area contributed by atoms with Gasteiger partial charge in [0, 0.05) is 12.1 Å². The number of nitrogens with zero attached hydrogens (tertiary/aromatic N) is 1. The summed E-state index contributed by atoms with van der Waals surface area (Å²) in [7, 11) is 0. The maximum Gasteiger partial charge on any atom is 0.438 e. The normalized spacial score (nSPS) is 11.8. The van der Waals surface area contributed by atoms with E-state index >= 15 is 0 Å². The monoisotopic (exact) mass is 276 g/mol. The van der Waals surface area contributed by atoms with Gasteiger partial charge < -0.3 is 9.72 Å². The molecular weight excluding hydrogens is 268 g/mol. The van der Waals surface area contributed by atoms with Gasteiger partial charge in [0.2, 0.25) is 5.69 Å². The molecule has 0 saturated heterocycles. The standard InChI is InChI=1S/C11H8F4N2O2/c1-2-19-8-4-7-6(3-5(8)12)16-9(10(18)17-7)11(13,14)15/h3-4H,2H2,1H3,(H,17,18). The lowest BCUT2D eigenvalue weighted by atomic mass is 10.2. The van der Waals surface area contributed by atoms with Crippen LogP contribution in [0.15, 0.2) is 16.9 Å². The molecule has 1 aromatic heterocycles. The van der Waals surface area contributed by atoms with E-state index in [1.54, 1.807) is 6.92 Å². The van der Waals surface area contributed by atoms with Gasteiger partial charge in [0.05, 0.1) is 17.6 Å². The average Bonchev–Trinajstić information content (AvgIpc) is 2.29. The van der Waals surface area contributed by atoms with E-state index in [-0.39, 0.29) is 23.4 Å². The predicted molar refractivity (Wildman–Crippen MR) is 58.5 cm³/mol. The largest absolute Gasteiger partial charge is 0.491 e. The summed E-state index contributed by atoms with van der Waals surface area (Å²) in [6.45, 7) is 1.80. The van der Waals surface area contributed by atoms with Crippen LogP contribution in [-0.2, 0) is 6.18 Å². The molecule has 19 heavy (non-hydrogen) atoms. The zero-order valence-corrected chi connectivity index (χ0v) is 9.64. The van der Waals surface area contributed by atoms with Gasteiger partial charge in [-0.25, -0.2) is 9.37 Å². The maximum absolute atomic E-state index is 13.5. The third kappa shape index (κ3) is 2.51. The van der Waals surface area contributed by atoms with Gasteiger partial charge in [0.15, 0.2) is 11.6 Å². The van der Waals surface area contributed by atoms with Crippen LogP contribution in [0.3, 0.4) is 0 Å². The van der Waals surface area contributed by atoms with Crippen LogP contribution in [0, 0.1) is 5.82 Å². The lowest BCUT2D eigenvalue weighted by molar-refractivity contribution is -0.142. The third-order valence-electron chi connectivity index (χ3n) is 2.31. The van der Waals surface area contributed by atoms with Crippen molar-refractivity contribution in [1.82, 2.24) is 9.97 Å². The number of ether oxygens (including phenoxy) is 1. The van der Waals surface area contributed by atoms with Crippen LogP contribution in [0.1, 0.15) is 12.6 Å². The minimum Gasteiger partial charge on any atom is -0.491 e. The number of aromatic amines is 1. The summed E-state index contributed by atoms with van der Waals surface area (Å²) in [6, 6.07) is 1.88. The number of nitrogens with one attached hydrogen (secondary N) is 1. The molecule has 0 bridgehead atoms. The molecule has 0 aliphatic rings. The van der Waals surface area contributed by atoms with Gasteiger partial charge in [0.25, 0.3) is 5.56 Å². The van der Waals surface area contributed by atoms with Crippen molar-refractivity contribution in [3.8, 4) is 5.75 Å². The van der Waals surface area contributed by atoms with Crippen molar-refractivity contribution in [1.29, 1.82) is 0 Å². The lowest BCUT2D eigenvalue weighted by Crippen LogP contribution is -2.23. The van der Waals surface area contributed by atoms with Gasteiger partial charge in [-0.05, 0) is 6.92 Å². The first-order valence-electron chi connectivity index (χ1n) is 5.26. The molecular formula is C11H8F4N2O2. The second kappa shape index (κ2) is 4.52. The van der Waals surface area contributed by atoms with Gasteiger partial charge in [-0.15, -0.1) is 0 Å². The molecule has 0 radical (unpaired) electrons. The Balaban J connectivity index is 2.69. The van der Waals surface area contributed by atoms with Crippen LogP contribution in [-0.4, -0.2) is 16.6 Å². The fourth-order valence-corrected chi connectivity index (χ4v) is 1.55. The van der Waals surface area contributed by atoms with E-state index in [2.05, 4.69) is 4.98 Å². The fraction of sp³-hybridized carbons (Fsp3) is 0.273. The Morgan fingerprint density at radius 3 is 2.63 bits per heavy atom. The first-order valence-corrected chi connectivity index (χ1v) is 5.26. The summed E-state index contributed by atoms with van der Waals surface area (Å²) < 4.78 is 55.9. The number of rotatable bonds is 2. The molecule has 0 unspecified atom stereocenters. The van der Waals surface area contributed by atoms with Crippen molar-refractivity contribution in [3.05, 3.63) is 34.0 Å². The molecule has 8 heteroatoms. The maximum atomic E-state index is 13.5. The Hall–Kier alpha value is -2.12. The Kier molecular flexibility index (Phi) is 3.17. The number of benzene rings is 1. The minimum absolute atomic E-state index is 0.0251. The number of halogens is 4. The van der Waals surface area contributed by atoms with E-state index in [0.717, 1.165) is 12.1 Å². The van der Waals surface area contributed by atoms with Crippen LogP contribution in [0.2, 0.25) is 0 Å². The lowest BCUT2D eigenvalue weighted by Gasteiger charge is -2.08. The molecule has 1 N–H and O–H groups in total. The van der Waals surface area contributed by atoms with E-state index < -0.39 is 23.2 Å². The minimum atomic E-state index is -4.89. The van der Waals surface area contributed by atoms with Crippen LogP contribution >= 0.6 is 0 Å². The summed E-state index contributed by atoms with van der Waals surface area (Å²) in [6.07, 6.45) is -4.89. The van der Waals surface area contributed by atoms with E-state index in [0.29, 0.717) is 0 Å². The van der Waals surface area contributed by atoms with Crippen LogP contribution in [0.5, 0.6) is 5.75 Å². The smallest absolute Gasteiger partial charge is 0.438 e. The number of H-pyrrole nitrogens is 1. The number of alkyl halides is 3. The molecule has 0 atom stereocenters. The van der Waals surface area contributed by atoms with Crippen molar-refractivity contribution in [2.24, 2.45) is 0 Å². The van der Waals surface area contributed by atoms with Gasteiger partial charge in [-0.3, -0.25) is 4.79 Å². The third-order valence-corrected chi connectivity index (χ3v) is 2.31. The molecule has 0 aliphatic heterocycles. The van der Waals surface area contributed by atoms with Gasteiger partial charge >= 0.3 is 6.18 Å². The molecule has 102 valence electrons. The van der Waals surface area contributed by atoms with Crippen molar-refractivity contribution < 1.29 is 22.3 Å². The average molecular weight is 276 g/mol. The molecule has 2 aromatic rings. The topological polar surface area (TPSA) is 55.0 Å². The second-order valence-electron chi connectivity index (χ2n) is 3.65. The Bertz CT molecular complexity index is 679. The summed E-state index contributed by atoms with van der Waals surface area (Å²) in [5, 5.41) is 0. The summed E-state index contributed by atoms with van der Waals surface area (Å²) in [5.41, 5.74) is -3.31. The van der Waals surface area contributed by atoms with E-state index in [9.17, 15) is 22.4 Å². The first kappa shape index (κ1) is 13.3. The highest BCUT2D eigenvalue weighted by molar-refractivity contribution is 5.76. The van der Waals surface area contributed by atoms with Gasteiger partial charge in [0.1, 0.15) is 0 Å². The van der Waals surface area contributed by atoms with E-state index in [1.165, 1.54) is 0 Å². The first-order chi connectivity index (χ1) is 8.82. The highest BCUT2D eigenvalue weighted by atomic mass is 19.4. The van der Waals surface area contributed by atoms with Crippen molar-refractivity contribution in [2.75, 3.05) is 6.61 Å². The van der Waals surface area contributed by atoms with Crippen molar-refractivity contribution >= 4 is 11.0 Å². The zero-order chi connectivity index (χ0) is 14.2. The van der Waals surface area contributed by atoms with Gasteiger partial charge in [-0.2, -0.15) is 13.2 Å². The SMILES string of the molecule is CCOc1cc2[nH]c(=O)c(C(F)(F)F)nc2cc1F. The molecule has 2 rings (SSSR count). The molecule has 1 heterocycles. The molecule has 0 amide bonds. The zero-order valence-electron chi connectivity index (χ0n) is 9.64. The summed E-state index contributed by atoms with van der Waals surface area (Å²) in [4.78, 5) is 16.4. The molecule has 4 nitrogen and oxygen atoms in total. The fourth-order valence-electron chi connectivity index (χ4n) is 1.55. The Labute approximate surface area is 104 Å². The molecule has 0 spiro atoms. The van der Waals surface area contributed by atoms with Crippen LogP contribution < -0.4 is 10.3 Å². The molecule has 0 fully saturated rings. The van der Waals surface area contributed by atoms with Crippen molar-refractivity contribution in [3.63, 3.8) is 0 Å². The second-order valence-corrected chi connectivity index (χ2v) is 3.65.